The molecule has 0 radical (unpaired) electrons. The highest BCUT2D eigenvalue weighted by Gasteiger charge is 2.45. The third-order valence-corrected chi connectivity index (χ3v) is 7.23. The number of allylic oxidation sites excluding steroid dienone is 1. The van der Waals surface area contributed by atoms with Gasteiger partial charge >= 0.3 is 12.1 Å². The van der Waals surface area contributed by atoms with Crippen LogP contribution in [0, 0.1) is 0 Å². The smallest absolute Gasteiger partial charge is 0.434 e. The number of para-hydroxylation sites is 1. The summed E-state index contributed by atoms with van der Waals surface area (Å²) in [5.74, 6) is -1.19. The lowest BCUT2D eigenvalue weighted by atomic mass is 9.95. The summed E-state index contributed by atoms with van der Waals surface area (Å²) in [5, 5.41) is 1.23. The number of benzene rings is 2. The number of rotatable bonds is 4. The third-order valence-electron chi connectivity index (χ3n) is 6.00. The van der Waals surface area contributed by atoms with Crippen LogP contribution in [0.5, 0.6) is 0 Å². The minimum atomic E-state index is -4.96. The van der Waals surface area contributed by atoms with Crippen LogP contribution in [0.1, 0.15) is 24.1 Å². The van der Waals surface area contributed by atoms with Gasteiger partial charge in [0.1, 0.15) is 0 Å². The van der Waals surface area contributed by atoms with Gasteiger partial charge in [0, 0.05) is 34.7 Å². The molecule has 0 fully saturated rings. The van der Waals surface area contributed by atoms with Crippen molar-refractivity contribution in [2.45, 2.75) is 19.1 Å². The molecule has 0 unspecified atom stereocenters. The predicted molar refractivity (Wildman–Crippen MR) is 135 cm³/mol. The molecule has 0 saturated heterocycles. The van der Waals surface area contributed by atoms with Gasteiger partial charge in [-0.1, -0.05) is 53.3 Å². The van der Waals surface area contributed by atoms with Crippen LogP contribution in [0.3, 0.4) is 0 Å². The van der Waals surface area contributed by atoms with Gasteiger partial charge in [-0.2, -0.15) is 13.2 Å². The molecule has 37 heavy (non-hydrogen) atoms. The molecule has 1 atom stereocenters. The molecule has 0 spiro atoms. The summed E-state index contributed by atoms with van der Waals surface area (Å²) >= 11 is 6.83. The van der Waals surface area contributed by atoms with Crippen molar-refractivity contribution in [3.05, 3.63) is 102 Å². The average molecular weight is 546 g/mol. The second-order valence-electron chi connectivity index (χ2n) is 8.33. The highest BCUT2D eigenvalue weighted by molar-refractivity contribution is 7.07. The van der Waals surface area contributed by atoms with E-state index in [1.165, 1.54) is 31.2 Å². The highest BCUT2D eigenvalue weighted by Crippen LogP contribution is 2.38. The number of carbonyl (C=O) groups is 1. The molecule has 6 nitrogen and oxygen atoms in total. The summed E-state index contributed by atoms with van der Waals surface area (Å²) in [6, 6.07) is 12.1. The number of halogens is 4. The first-order valence-corrected chi connectivity index (χ1v) is 12.4. The van der Waals surface area contributed by atoms with Crippen LogP contribution in [0.25, 0.3) is 17.0 Å². The third kappa shape index (κ3) is 4.40. The minimum Gasteiger partial charge on any atom is -0.463 e. The Morgan fingerprint density at radius 1 is 1.19 bits per heavy atom. The van der Waals surface area contributed by atoms with Gasteiger partial charge in [0.25, 0.3) is 5.56 Å². The topological polar surface area (TPSA) is 65.6 Å². The van der Waals surface area contributed by atoms with E-state index in [0.717, 1.165) is 32.4 Å². The highest BCUT2D eigenvalue weighted by atomic mass is 35.5. The summed E-state index contributed by atoms with van der Waals surface area (Å²) in [5.41, 5.74) is -0.775. The second kappa shape index (κ2) is 9.35. The Balaban J connectivity index is 1.82. The second-order valence-corrected chi connectivity index (χ2v) is 9.77. The number of aromatic nitrogens is 2. The monoisotopic (exact) mass is 545 g/mol. The molecule has 0 bridgehead atoms. The van der Waals surface area contributed by atoms with Crippen molar-refractivity contribution in [1.29, 1.82) is 0 Å². The van der Waals surface area contributed by atoms with Crippen LogP contribution >= 0.6 is 22.9 Å². The van der Waals surface area contributed by atoms with Crippen LogP contribution in [0.15, 0.2) is 75.8 Å². The molecule has 3 heterocycles. The fraction of sp³-hybridized carbons (Fsp3) is 0.192. The number of ether oxygens (including phenoxy) is 1. The molecular weight excluding hydrogens is 527 g/mol. The molecule has 0 amide bonds. The lowest BCUT2D eigenvalue weighted by Gasteiger charge is -2.26. The molecule has 0 N–H and O–H groups in total. The number of thiazole rings is 1. The lowest BCUT2D eigenvalue weighted by Crippen LogP contribution is -2.41. The largest absolute Gasteiger partial charge is 0.463 e. The SMILES string of the molecule is CCOC(=O)C1=C(C(F)(F)F)N=c2s/c(=C\c3cn(C)c4ccccc34)c(=O)n2[C@@H]1c1ccc(Cl)cc1. The number of aryl methyl sites for hydroxylation is 1. The Kier molecular flexibility index (Phi) is 6.33. The summed E-state index contributed by atoms with van der Waals surface area (Å²) in [6.45, 7) is 1.34. The van der Waals surface area contributed by atoms with Crippen LogP contribution in [0.2, 0.25) is 5.02 Å². The number of carbonyl (C=O) groups excluding carboxylic acids is 1. The van der Waals surface area contributed by atoms with Crippen LogP contribution in [0.4, 0.5) is 13.2 Å². The Hall–Kier alpha value is -3.63. The van der Waals surface area contributed by atoms with E-state index >= 15 is 0 Å². The van der Waals surface area contributed by atoms with Gasteiger partial charge in [0.2, 0.25) is 0 Å². The summed E-state index contributed by atoms with van der Waals surface area (Å²) in [7, 11) is 1.86. The maximum atomic E-state index is 14.2. The molecule has 1 aliphatic heterocycles. The maximum absolute atomic E-state index is 14.2. The van der Waals surface area contributed by atoms with E-state index in [2.05, 4.69) is 4.99 Å². The van der Waals surface area contributed by atoms with Crippen molar-refractivity contribution in [1.82, 2.24) is 9.13 Å². The number of hydrogen-bond acceptors (Lipinski definition) is 5. The fourth-order valence-electron chi connectivity index (χ4n) is 4.43. The summed E-state index contributed by atoms with van der Waals surface area (Å²) in [6.07, 6.45) is -1.49. The van der Waals surface area contributed by atoms with Gasteiger partial charge in [-0.15, -0.1) is 0 Å². The zero-order valence-corrected chi connectivity index (χ0v) is 21.1. The van der Waals surface area contributed by atoms with Crippen molar-refractivity contribution in [2.24, 2.45) is 12.0 Å². The molecule has 1 aliphatic rings. The molecule has 2 aromatic heterocycles. The van der Waals surface area contributed by atoms with E-state index in [1.807, 2.05) is 42.1 Å². The molecule has 0 aliphatic carbocycles. The van der Waals surface area contributed by atoms with Crippen LogP contribution in [-0.4, -0.2) is 27.9 Å². The van der Waals surface area contributed by atoms with Crippen LogP contribution in [-0.2, 0) is 16.6 Å². The predicted octanol–water partition coefficient (Wildman–Crippen LogP) is 4.49. The Labute approximate surface area is 217 Å². The molecular formula is C26H19ClF3N3O3S. The Morgan fingerprint density at radius 2 is 1.89 bits per heavy atom. The first kappa shape index (κ1) is 25.0. The van der Waals surface area contributed by atoms with Crippen molar-refractivity contribution >= 4 is 45.9 Å². The zero-order chi connectivity index (χ0) is 26.5. The maximum Gasteiger partial charge on any atom is 0.434 e. The first-order valence-electron chi connectivity index (χ1n) is 11.2. The lowest BCUT2D eigenvalue weighted by molar-refractivity contribution is -0.140. The molecule has 5 rings (SSSR count). The van der Waals surface area contributed by atoms with Crippen molar-refractivity contribution in [3.8, 4) is 0 Å². The number of hydrogen-bond donors (Lipinski definition) is 0. The number of nitrogens with zero attached hydrogens (tertiary/aromatic N) is 3. The molecule has 190 valence electrons. The Morgan fingerprint density at radius 3 is 2.57 bits per heavy atom. The van der Waals surface area contributed by atoms with Gasteiger partial charge in [-0.3, -0.25) is 9.36 Å². The van der Waals surface area contributed by atoms with E-state index in [1.54, 1.807) is 6.08 Å². The molecule has 2 aromatic carbocycles. The molecule has 4 aromatic rings. The molecule has 11 heteroatoms. The standard InChI is InChI=1S/C26H19ClF3N3O3S/c1-3-36-24(35)20-21(14-8-10-16(27)11-9-14)33-23(34)19(37-25(33)31-22(20)26(28,29)30)12-15-13-32(2)18-7-5-4-6-17(15)18/h4-13,21H,3H2,1-2H3/b19-12-/t21-/m1/s1. The van der Waals surface area contributed by atoms with E-state index in [0.29, 0.717) is 5.02 Å². The van der Waals surface area contributed by atoms with Crippen molar-refractivity contribution < 1.29 is 22.7 Å². The number of fused-ring (bicyclic) bond motifs is 2. The fourth-order valence-corrected chi connectivity index (χ4v) is 5.55. The first-order chi connectivity index (χ1) is 17.6. The number of esters is 1. The normalized spacial score (nSPS) is 16.2. The summed E-state index contributed by atoms with van der Waals surface area (Å²) < 4.78 is 50.8. The molecule has 0 saturated carbocycles. The van der Waals surface area contributed by atoms with E-state index in [-0.39, 0.29) is 21.5 Å². The van der Waals surface area contributed by atoms with E-state index in [9.17, 15) is 22.8 Å². The summed E-state index contributed by atoms with van der Waals surface area (Å²) in [4.78, 5) is 30.2. The van der Waals surface area contributed by atoms with Gasteiger partial charge in [0.15, 0.2) is 10.5 Å². The van der Waals surface area contributed by atoms with Gasteiger partial charge < -0.3 is 9.30 Å². The van der Waals surface area contributed by atoms with Gasteiger partial charge in [-0.25, -0.2) is 9.79 Å². The minimum absolute atomic E-state index is 0.147. The average Bonchev–Trinajstić information content (AvgIpc) is 3.34. The zero-order valence-electron chi connectivity index (χ0n) is 19.5. The number of alkyl halides is 3. The van der Waals surface area contributed by atoms with Crippen LogP contribution < -0.4 is 14.9 Å². The van der Waals surface area contributed by atoms with Gasteiger partial charge in [-0.05, 0) is 36.8 Å². The van der Waals surface area contributed by atoms with E-state index in [4.69, 9.17) is 16.3 Å². The van der Waals surface area contributed by atoms with Gasteiger partial charge in [0.05, 0.1) is 22.8 Å². The van der Waals surface area contributed by atoms with Crippen molar-refractivity contribution in [2.75, 3.05) is 6.61 Å². The quantitative estimate of drug-likeness (QED) is 0.355. The van der Waals surface area contributed by atoms with Crippen molar-refractivity contribution in [3.63, 3.8) is 0 Å². The van der Waals surface area contributed by atoms with E-state index < -0.39 is 35.0 Å². The Bertz CT molecular complexity index is 1750.